The predicted octanol–water partition coefficient (Wildman–Crippen LogP) is 11.0. The normalized spacial score (nSPS) is 15.3. The maximum absolute atomic E-state index is 2.54. The number of hydrogen-bond donors (Lipinski definition) is 0. The number of para-hydroxylation sites is 2. The molecular formula is C42H26N2. The fraction of sp³-hybridized carbons (Fsp3) is 0.0476. The molecule has 2 heteroatoms. The largest absolute Gasteiger partial charge is 0.312 e. The van der Waals surface area contributed by atoms with Gasteiger partial charge in [0, 0.05) is 44.1 Å². The number of benzene rings is 6. The minimum Gasteiger partial charge on any atom is -0.312 e. The van der Waals surface area contributed by atoms with E-state index in [2.05, 4.69) is 149 Å². The van der Waals surface area contributed by atoms with Crippen LogP contribution >= 0.6 is 0 Å². The first kappa shape index (κ1) is 22.9. The van der Waals surface area contributed by atoms with Gasteiger partial charge in [0.05, 0.1) is 27.8 Å². The average molecular weight is 559 g/mol. The molecule has 0 saturated carbocycles. The minimum atomic E-state index is 0.370. The topological polar surface area (TPSA) is 9.34 Å². The Morgan fingerprint density at radius 1 is 0.523 bits per heavy atom. The second-order valence-corrected chi connectivity index (χ2v) is 12.4. The van der Waals surface area contributed by atoms with E-state index in [-0.39, 0.29) is 0 Å². The quantitative estimate of drug-likeness (QED) is 0.200. The Kier molecular flexibility index (Phi) is 4.20. The number of allylic oxidation sites excluding steroid dienone is 1. The van der Waals surface area contributed by atoms with E-state index in [9.17, 15) is 0 Å². The summed E-state index contributed by atoms with van der Waals surface area (Å²) < 4.78 is 5.05. The van der Waals surface area contributed by atoms with Crippen LogP contribution in [0.5, 0.6) is 0 Å². The lowest BCUT2D eigenvalue weighted by atomic mass is 9.83. The average Bonchev–Trinajstić information content (AvgIpc) is 3.82. The molecule has 1 unspecified atom stereocenters. The summed E-state index contributed by atoms with van der Waals surface area (Å²) in [6, 6.07) is 47.4. The summed E-state index contributed by atoms with van der Waals surface area (Å²) in [5.41, 5.74) is 16.0. The zero-order valence-electron chi connectivity index (χ0n) is 24.0. The van der Waals surface area contributed by atoms with Gasteiger partial charge in [-0.3, -0.25) is 0 Å². The van der Waals surface area contributed by atoms with Crippen LogP contribution < -0.4 is 0 Å². The molecule has 4 heterocycles. The van der Waals surface area contributed by atoms with E-state index in [1.807, 2.05) is 0 Å². The Balaban J connectivity index is 1.17. The Labute approximate surface area is 254 Å². The number of aromatic nitrogens is 2. The van der Waals surface area contributed by atoms with Crippen molar-refractivity contribution >= 4 is 55.1 Å². The molecule has 2 nitrogen and oxygen atoms in total. The zero-order valence-corrected chi connectivity index (χ0v) is 24.0. The van der Waals surface area contributed by atoms with E-state index in [1.54, 1.807) is 0 Å². The molecule has 204 valence electrons. The van der Waals surface area contributed by atoms with Crippen molar-refractivity contribution in [3.8, 4) is 27.9 Å². The van der Waals surface area contributed by atoms with Crippen molar-refractivity contribution in [3.05, 3.63) is 150 Å². The zero-order chi connectivity index (χ0) is 28.5. The molecule has 0 N–H and O–H groups in total. The van der Waals surface area contributed by atoms with E-state index < -0.39 is 0 Å². The lowest BCUT2D eigenvalue weighted by molar-refractivity contribution is 0.821. The summed E-state index contributed by atoms with van der Waals surface area (Å²) in [5, 5.41) is 6.63. The highest BCUT2D eigenvalue weighted by Gasteiger charge is 2.36. The molecule has 44 heavy (non-hydrogen) atoms. The first-order valence-corrected chi connectivity index (χ1v) is 15.6. The number of nitrogens with zero attached hydrogens (tertiary/aromatic N) is 2. The molecular weight excluding hydrogens is 532 g/mol. The second kappa shape index (κ2) is 8.06. The van der Waals surface area contributed by atoms with Crippen molar-refractivity contribution in [1.29, 1.82) is 0 Å². The Bertz CT molecular complexity index is 2680. The van der Waals surface area contributed by atoms with Crippen LogP contribution in [0.3, 0.4) is 0 Å². The Morgan fingerprint density at radius 2 is 1.32 bits per heavy atom. The third-order valence-corrected chi connectivity index (χ3v) is 10.3. The predicted molar refractivity (Wildman–Crippen MR) is 184 cm³/mol. The van der Waals surface area contributed by atoms with E-state index in [4.69, 9.17) is 0 Å². The maximum Gasteiger partial charge on any atom is 0.0620 e. The van der Waals surface area contributed by atoms with Crippen LogP contribution in [0.15, 0.2) is 133 Å². The summed E-state index contributed by atoms with van der Waals surface area (Å²) in [6.07, 6.45) is 5.76. The Hall–Kier alpha value is -5.60. The molecule has 1 aliphatic carbocycles. The van der Waals surface area contributed by atoms with Crippen LogP contribution in [0.2, 0.25) is 0 Å². The SMILES string of the molecule is C1=Cc2c3n(c4ccccc24)-c2cccc(-c4ccc5c6cccc7c8cc(-c9ccccc9)ccc8n(c5c4)c76)c2C3C1. The molecule has 6 aromatic carbocycles. The van der Waals surface area contributed by atoms with Crippen molar-refractivity contribution < 1.29 is 0 Å². The molecule has 1 atom stereocenters. The molecule has 9 aromatic rings. The van der Waals surface area contributed by atoms with Gasteiger partial charge in [-0.2, -0.15) is 0 Å². The van der Waals surface area contributed by atoms with Crippen molar-refractivity contribution in [2.75, 3.05) is 0 Å². The summed E-state index contributed by atoms with van der Waals surface area (Å²) in [5.74, 6) is 0.370. The van der Waals surface area contributed by atoms with Gasteiger partial charge < -0.3 is 8.97 Å². The van der Waals surface area contributed by atoms with Crippen LogP contribution in [0, 0.1) is 0 Å². The third kappa shape index (κ3) is 2.72. The summed E-state index contributed by atoms with van der Waals surface area (Å²) in [4.78, 5) is 0. The molecule has 0 radical (unpaired) electrons. The number of fused-ring (bicyclic) bond motifs is 12. The van der Waals surface area contributed by atoms with E-state index in [1.165, 1.54) is 93.8 Å². The summed E-state index contributed by atoms with van der Waals surface area (Å²) in [6.45, 7) is 0. The fourth-order valence-electron chi connectivity index (χ4n) is 8.58. The lowest BCUT2D eigenvalue weighted by Crippen LogP contribution is -2.02. The third-order valence-electron chi connectivity index (χ3n) is 10.3. The minimum absolute atomic E-state index is 0.370. The molecule has 11 rings (SSSR count). The standard InChI is InChI=1S/C42H26N2/c1-2-9-25(10-3-1)26-20-22-37-35(23-26)33-15-6-13-32-30-21-19-27(24-39(30)44(37)41(32)33)28-12-8-18-38-40(28)34-16-7-14-31-29-11-4-5-17-36(29)43(38)42(31)34/h1-15,17-24,34H,16H2. The molecule has 0 fully saturated rings. The van der Waals surface area contributed by atoms with Crippen molar-refractivity contribution in [2.24, 2.45) is 0 Å². The molecule has 0 saturated heterocycles. The van der Waals surface area contributed by atoms with Gasteiger partial charge in [0.2, 0.25) is 0 Å². The molecule has 3 aromatic heterocycles. The van der Waals surface area contributed by atoms with Gasteiger partial charge in [0.25, 0.3) is 0 Å². The van der Waals surface area contributed by atoms with Gasteiger partial charge in [0.1, 0.15) is 0 Å². The van der Waals surface area contributed by atoms with Crippen LogP contribution in [-0.4, -0.2) is 8.97 Å². The van der Waals surface area contributed by atoms with Gasteiger partial charge in [0.15, 0.2) is 0 Å². The van der Waals surface area contributed by atoms with Gasteiger partial charge in [-0.15, -0.1) is 0 Å². The summed E-state index contributed by atoms with van der Waals surface area (Å²) in [7, 11) is 0. The summed E-state index contributed by atoms with van der Waals surface area (Å²) >= 11 is 0. The molecule has 0 spiro atoms. The number of rotatable bonds is 2. The van der Waals surface area contributed by atoms with Crippen molar-refractivity contribution in [3.63, 3.8) is 0 Å². The maximum atomic E-state index is 2.54. The second-order valence-electron chi connectivity index (χ2n) is 12.4. The molecule has 0 bridgehead atoms. The van der Waals surface area contributed by atoms with Gasteiger partial charge in [-0.1, -0.05) is 109 Å². The highest BCUT2D eigenvalue weighted by molar-refractivity contribution is 6.24. The molecule has 0 amide bonds. The monoisotopic (exact) mass is 558 g/mol. The van der Waals surface area contributed by atoms with Crippen LogP contribution in [-0.2, 0) is 0 Å². The van der Waals surface area contributed by atoms with Crippen molar-refractivity contribution in [1.82, 2.24) is 8.97 Å². The van der Waals surface area contributed by atoms with Crippen LogP contribution in [0.1, 0.15) is 29.2 Å². The van der Waals surface area contributed by atoms with Crippen LogP contribution in [0.25, 0.3) is 83.0 Å². The number of hydrogen-bond acceptors (Lipinski definition) is 0. The van der Waals surface area contributed by atoms with Gasteiger partial charge >= 0.3 is 0 Å². The fourth-order valence-corrected chi connectivity index (χ4v) is 8.58. The Morgan fingerprint density at radius 3 is 2.25 bits per heavy atom. The highest BCUT2D eigenvalue weighted by atomic mass is 15.0. The van der Waals surface area contributed by atoms with E-state index >= 15 is 0 Å². The van der Waals surface area contributed by atoms with Crippen molar-refractivity contribution in [2.45, 2.75) is 12.3 Å². The molecule has 1 aliphatic heterocycles. The molecule has 2 aliphatic rings. The van der Waals surface area contributed by atoms with Gasteiger partial charge in [-0.05, 0) is 64.6 Å². The smallest absolute Gasteiger partial charge is 0.0620 e. The first-order valence-electron chi connectivity index (χ1n) is 15.6. The highest BCUT2D eigenvalue weighted by Crippen LogP contribution is 2.52. The van der Waals surface area contributed by atoms with E-state index in [0.717, 1.165) is 6.42 Å². The van der Waals surface area contributed by atoms with Gasteiger partial charge in [-0.25, -0.2) is 0 Å². The van der Waals surface area contributed by atoms with Crippen LogP contribution in [0.4, 0.5) is 0 Å². The lowest BCUT2D eigenvalue weighted by Gasteiger charge is -2.18. The first-order chi connectivity index (χ1) is 21.8. The van der Waals surface area contributed by atoms with E-state index in [0.29, 0.717) is 5.92 Å².